The van der Waals surface area contributed by atoms with Gasteiger partial charge in [0.25, 0.3) is 0 Å². The van der Waals surface area contributed by atoms with Gasteiger partial charge in [-0.3, -0.25) is 9.59 Å². The molecule has 4 nitrogen and oxygen atoms in total. The van der Waals surface area contributed by atoms with Gasteiger partial charge in [-0.05, 0) is 59.5 Å². The zero-order valence-corrected chi connectivity index (χ0v) is 18.6. The number of halogens is 1. The Morgan fingerprint density at radius 1 is 1.03 bits per heavy atom. The summed E-state index contributed by atoms with van der Waals surface area (Å²) in [6.45, 7) is 0.688. The van der Waals surface area contributed by atoms with Crippen LogP contribution in [-0.2, 0) is 22.4 Å². The van der Waals surface area contributed by atoms with Crippen molar-refractivity contribution in [1.29, 1.82) is 0 Å². The van der Waals surface area contributed by atoms with Crippen LogP contribution in [0.15, 0.2) is 66.0 Å². The molecule has 2 aromatic carbocycles. The molecule has 1 fully saturated rings. The van der Waals surface area contributed by atoms with Gasteiger partial charge < -0.3 is 9.80 Å². The highest BCUT2D eigenvalue weighted by molar-refractivity contribution is 7.10. The van der Waals surface area contributed by atoms with Gasteiger partial charge in [0.05, 0.1) is 12.5 Å². The third-order valence-corrected chi connectivity index (χ3v) is 7.28. The molecule has 1 saturated carbocycles. The Bertz CT molecular complexity index is 1110. The number of rotatable bonds is 6. The molecule has 2 aliphatic rings. The van der Waals surface area contributed by atoms with Gasteiger partial charge in [-0.1, -0.05) is 42.5 Å². The first-order valence-corrected chi connectivity index (χ1v) is 11.9. The summed E-state index contributed by atoms with van der Waals surface area (Å²) in [4.78, 5) is 31.5. The maximum Gasteiger partial charge on any atom is 0.243 e. The quantitative estimate of drug-likeness (QED) is 0.553. The van der Waals surface area contributed by atoms with Crippen LogP contribution in [0, 0.1) is 5.82 Å². The molecule has 1 aliphatic heterocycles. The molecule has 1 unspecified atom stereocenters. The molecular weight excluding hydrogens is 423 g/mol. The Balaban J connectivity index is 1.38. The van der Waals surface area contributed by atoms with Gasteiger partial charge in [-0.15, -0.1) is 11.3 Å². The molecule has 0 bridgehead atoms. The first kappa shape index (κ1) is 20.9. The first-order chi connectivity index (χ1) is 15.6. The average molecular weight is 449 g/mol. The van der Waals surface area contributed by atoms with Crippen LogP contribution in [0.25, 0.3) is 0 Å². The van der Waals surface area contributed by atoms with Crippen molar-refractivity contribution in [1.82, 2.24) is 9.80 Å². The second kappa shape index (κ2) is 8.87. The van der Waals surface area contributed by atoms with E-state index < -0.39 is 0 Å². The van der Waals surface area contributed by atoms with Gasteiger partial charge in [0.2, 0.25) is 11.8 Å². The molecular formula is C26H25FN2O2S. The summed E-state index contributed by atoms with van der Waals surface area (Å²) in [7, 11) is 0. The first-order valence-electron chi connectivity index (χ1n) is 11.0. The molecule has 5 rings (SSSR count). The molecule has 6 heteroatoms. The van der Waals surface area contributed by atoms with Crippen molar-refractivity contribution in [3.05, 3.63) is 93.4 Å². The molecule has 0 radical (unpaired) electrons. The lowest BCUT2D eigenvalue weighted by Gasteiger charge is -2.37. The second-order valence-electron chi connectivity index (χ2n) is 8.51. The van der Waals surface area contributed by atoms with E-state index >= 15 is 0 Å². The van der Waals surface area contributed by atoms with Gasteiger partial charge in [0.15, 0.2) is 0 Å². The third-order valence-electron chi connectivity index (χ3n) is 6.28. The summed E-state index contributed by atoms with van der Waals surface area (Å²) >= 11 is 1.70. The smallest absolute Gasteiger partial charge is 0.243 e. The third kappa shape index (κ3) is 4.32. The minimum Gasteiger partial charge on any atom is -0.330 e. The lowest BCUT2D eigenvalue weighted by molar-refractivity contribution is -0.142. The normalized spacial score (nSPS) is 17.7. The molecule has 2 heterocycles. The molecule has 2 amide bonds. The van der Waals surface area contributed by atoms with Gasteiger partial charge in [0, 0.05) is 17.5 Å². The predicted molar refractivity (Wildman–Crippen MR) is 123 cm³/mol. The van der Waals surface area contributed by atoms with Crippen molar-refractivity contribution in [2.75, 3.05) is 13.1 Å². The number of fused-ring (bicyclic) bond motifs is 1. The number of thiophene rings is 1. The van der Waals surface area contributed by atoms with E-state index in [0.29, 0.717) is 13.0 Å². The molecule has 0 spiro atoms. The van der Waals surface area contributed by atoms with Crippen molar-refractivity contribution in [3.63, 3.8) is 0 Å². The van der Waals surface area contributed by atoms with Crippen molar-refractivity contribution in [2.24, 2.45) is 0 Å². The van der Waals surface area contributed by atoms with E-state index in [1.54, 1.807) is 28.4 Å². The van der Waals surface area contributed by atoms with E-state index in [2.05, 4.69) is 11.4 Å². The van der Waals surface area contributed by atoms with Crippen LogP contribution in [0.2, 0.25) is 0 Å². The van der Waals surface area contributed by atoms with Crippen molar-refractivity contribution in [3.8, 4) is 0 Å². The molecule has 164 valence electrons. The summed E-state index contributed by atoms with van der Waals surface area (Å²) in [5.41, 5.74) is 2.96. The monoisotopic (exact) mass is 448 g/mol. The van der Waals surface area contributed by atoms with Gasteiger partial charge in [0.1, 0.15) is 12.4 Å². The number of amides is 2. The van der Waals surface area contributed by atoms with Gasteiger partial charge >= 0.3 is 0 Å². The van der Waals surface area contributed by atoms with Crippen molar-refractivity contribution >= 4 is 23.2 Å². The van der Waals surface area contributed by atoms with E-state index in [1.807, 2.05) is 35.2 Å². The van der Waals surface area contributed by atoms with Crippen molar-refractivity contribution in [2.45, 2.75) is 37.8 Å². The minimum atomic E-state index is -0.292. The van der Waals surface area contributed by atoms with Crippen molar-refractivity contribution < 1.29 is 14.0 Å². The highest BCUT2D eigenvalue weighted by Crippen LogP contribution is 2.38. The fourth-order valence-corrected chi connectivity index (χ4v) is 5.41. The number of benzene rings is 2. The average Bonchev–Trinajstić information content (AvgIpc) is 3.53. The van der Waals surface area contributed by atoms with E-state index in [1.165, 1.54) is 17.0 Å². The Morgan fingerprint density at radius 2 is 1.78 bits per heavy atom. The number of hydrogen-bond donors (Lipinski definition) is 0. The molecule has 1 atom stereocenters. The van der Waals surface area contributed by atoms with Crippen LogP contribution in [0.3, 0.4) is 0 Å². The molecule has 32 heavy (non-hydrogen) atoms. The Kier molecular flexibility index (Phi) is 5.79. The molecule has 1 aliphatic carbocycles. The predicted octanol–water partition coefficient (Wildman–Crippen LogP) is 4.60. The van der Waals surface area contributed by atoms with Crippen LogP contribution in [0.5, 0.6) is 0 Å². The van der Waals surface area contributed by atoms with E-state index in [4.69, 9.17) is 0 Å². The Hall–Kier alpha value is -2.99. The zero-order valence-electron chi connectivity index (χ0n) is 17.7. The van der Waals surface area contributed by atoms with Crippen LogP contribution in [-0.4, -0.2) is 40.7 Å². The maximum absolute atomic E-state index is 13.6. The maximum atomic E-state index is 13.6. The van der Waals surface area contributed by atoms with E-state index in [0.717, 1.165) is 36.0 Å². The fourth-order valence-electron chi connectivity index (χ4n) is 4.51. The molecule has 0 saturated heterocycles. The summed E-state index contributed by atoms with van der Waals surface area (Å²) in [5.74, 6) is -0.345. The van der Waals surface area contributed by atoms with E-state index in [-0.39, 0.29) is 36.3 Å². The summed E-state index contributed by atoms with van der Waals surface area (Å²) in [6, 6.07) is 18.0. The summed E-state index contributed by atoms with van der Waals surface area (Å²) in [6.07, 6.45) is 3.01. The number of hydrogen-bond acceptors (Lipinski definition) is 3. The second-order valence-corrected chi connectivity index (χ2v) is 9.51. The molecule has 0 N–H and O–H groups in total. The SMILES string of the molecule is O=C(Cc1ccccc1)N(CC(=O)N1CCc2sccc2C1c1ccc(F)cc1)C1CC1. The van der Waals surface area contributed by atoms with Crippen LogP contribution in [0.1, 0.15) is 40.5 Å². The number of carbonyl (C=O) groups excluding carboxylic acids is 2. The van der Waals surface area contributed by atoms with Gasteiger partial charge in [-0.2, -0.15) is 0 Å². The van der Waals surface area contributed by atoms with E-state index in [9.17, 15) is 14.0 Å². The fraction of sp³-hybridized carbons (Fsp3) is 0.308. The Labute approximate surface area is 191 Å². The lowest BCUT2D eigenvalue weighted by atomic mass is 9.93. The zero-order chi connectivity index (χ0) is 22.1. The lowest BCUT2D eigenvalue weighted by Crippen LogP contribution is -2.47. The highest BCUT2D eigenvalue weighted by Gasteiger charge is 2.38. The number of nitrogens with zero attached hydrogens (tertiary/aromatic N) is 2. The van der Waals surface area contributed by atoms with Crippen LogP contribution >= 0.6 is 11.3 Å². The topological polar surface area (TPSA) is 40.6 Å². The summed E-state index contributed by atoms with van der Waals surface area (Å²) < 4.78 is 13.6. The molecule has 1 aromatic heterocycles. The highest BCUT2D eigenvalue weighted by atomic mass is 32.1. The van der Waals surface area contributed by atoms with Crippen LogP contribution in [0.4, 0.5) is 4.39 Å². The minimum absolute atomic E-state index is 0.00128. The summed E-state index contributed by atoms with van der Waals surface area (Å²) in [5, 5.41) is 2.05. The Morgan fingerprint density at radius 3 is 2.50 bits per heavy atom. The molecule has 3 aromatic rings. The standard InChI is InChI=1S/C26H25FN2O2S/c27-20-8-6-19(7-9-20)26-22-13-15-32-23(22)12-14-28(26)25(31)17-29(21-10-11-21)24(30)16-18-4-2-1-3-5-18/h1-9,13,15,21,26H,10-12,14,16-17H2. The number of carbonyl (C=O) groups is 2. The van der Waals surface area contributed by atoms with Crippen LogP contribution < -0.4 is 0 Å². The van der Waals surface area contributed by atoms with Gasteiger partial charge in [-0.25, -0.2) is 4.39 Å². The largest absolute Gasteiger partial charge is 0.330 e.